The summed E-state index contributed by atoms with van der Waals surface area (Å²) in [6, 6.07) is 3.25. The lowest BCUT2D eigenvalue weighted by Gasteiger charge is -2.32. The summed E-state index contributed by atoms with van der Waals surface area (Å²) in [4.78, 5) is 23.0. The first-order valence-electron chi connectivity index (χ1n) is 8.06. The number of morpholine rings is 1. The quantitative estimate of drug-likeness (QED) is 0.792. The zero-order valence-corrected chi connectivity index (χ0v) is 14.6. The molecule has 0 amide bonds. The van der Waals surface area contributed by atoms with E-state index in [1.54, 1.807) is 23.5 Å². The Bertz CT molecular complexity index is 926. The molecule has 1 N–H and O–H groups in total. The molecular formula is C17H20N4O2S. The smallest absolute Gasteiger partial charge is 0.194 e. The second kappa shape index (κ2) is 6.16. The predicted octanol–water partition coefficient (Wildman–Crippen LogP) is 2.27. The van der Waals surface area contributed by atoms with E-state index >= 15 is 0 Å². The number of nitrogens with one attached hydrogen (secondary N) is 1. The van der Waals surface area contributed by atoms with Gasteiger partial charge in [0.05, 0.1) is 18.0 Å². The van der Waals surface area contributed by atoms with Gasteiger partial charge in [-0.2, -0.15) is 0 Å². The number of ether oxygens (including phenoxy) is 1. The highest BCUT2D eigenvalue weighted by Crippen LogP contribution is 2.23. The van der Waals surface area contributed by atoms with Crippen LogP contribution in [0.5, 0.6) is 0 Å². The Labute approximate surface area is 143 Å². The molecule has 1 aliphatic heterocycles. The molecule has 1 aliphatic rings. The number of imidazole rings is 1. The first-order valence-corrected chi connectivity index (χ1v) is 8.94. The van der Waals surface area contributed by atoms with Gasteiger partial charge in [0, 0.05) is 54.7 Å². The Morgan fingerprint density at radius 3 is 3.12 bits per heavy atom. The minimum absolute atomic E-state index is 0.0218. The van der Waals surface area contributed by atoms with Crippen molar-refractivity contribution >= 4 is 16.3 Å². The second-order valence-electron chi connectivity index (χ2n) is 6.25. The Morgan fingerprint density at radius 1 is 1.42 bits per heavy atom. The topological polar surface area (TPSA) is 62.6 Å². The average Bonchev–Trinajstić information content (AvgIpc) is 3.10. The van der Waals surface area contributed by atoms with Crippen molar-refractivity contribution < 1.29 is 4.74 Å². The van der Waals surface area contributed by atoms with E-state index in [-0.39, 0.29) is 11.5 Å². The minimum Gasteiger partial charge on any atom is -0.369 e. The third-order valence-electron chi connectivity index (χ3n) is 4.43. The van der Waals surface area contributed by atoms with Gasteiger partial charge in [0.25, 0.3) is 0 Å². The fourth-order valence-corrected chi connectivity index (χ4v) is 4.04. The molecule has 1 unspecified atom stereocenters. The maximum atomic E-state index is 11.8. The van der Waals surface area contributed by atoms with Crippen molar-refractivity contribution in [3.63, 3.8) is 0 Å². The number of hydrogen-bond donors (Lipinski definition) is 1. The van der Waals surface area contributed by atoms with Crippen LogP contribution in [0.25, 0.3) is 4.96 Å². The molecule has 1 saturated heterocycles. The maximum absolute atomic E-state index is 11.8. The Morgan fingerprint density at radius 2 is 2.29 bits per heavy atom. The molecule has 3 aromatic rings. The number of H-pyrrole nitrogens is 1. The Balaban J connectivity index is 1.55. The van der Waals surface area contributed by atoms with Crippen molar-refractivity contribution in [3.8, 4) is 0 Å². The molecule has 0 radical (unpaired) electrons. The van der Waals surface area contributed by atoms with E-state index in [4.69, 9.17) is 4.74 Å². The fraction of sp³-hybridized carbons (Fsp3) is 0.412. The second-order valence-corrected chi connectivity index (χ2v) is 7.12. The number of fused-ring (bicyclic) bond motifs is 1. The highest BCUT2D eigenvalue weighted by atomic mass is 32.1. The molecule has 6 nitrogen and oxygen atoms in total. The molecule has 0 saturated carbocycles. The van der Waals surface area contributed by atoms with Crippen molar-refractivity contribution in [1.29, 1.82) is 0 Å². The molecule has 1 fully saturated rings. The van der Waals surface area contributed by atoms with Gasteiger partial charge in [-0.15, -0.1) is 11.3 Å². The predicted molar refractivity (Wildman–Crippen MR) is 93.6 cm³/mol. The van der Waals surface area contributed by atoms with E-state index in [9.17, 15) is 4.79 Å². The Kier molecular flexibility index (Phi) is 3.99. The normalized spacial score (nSPS) is 19.2. The molecule has 0 aromatic carbocycles. The largest absolute Gasteiger partial charge is 0.369 e. The van der Waals surface area contributed by atoms with E-state index in [1.807, 2.05) is 6.92 Å². The number of aromatic amines is 1. The van der Waals surface area contributed by atoms with Gasteiger partial charge in [0.2, 0.25) is 0 Å². The van der Waals surface area contributed by atoms with Crippen LogP contribution in [0.15, 0.2) is 28.5 Å². The molecule has 0 bridgehead atoms. The molecule has 3 aromatic heterocycles. The third kappa shape index (κ3) is 2.90. The van der Waals surface area contributed by atoms with Gasteiger partial charge < -0.3 is 9.72 Å². The molecule has 0 aliphatic carbocycles. The molecule has 7 heteroatoms. The zero-order chi connectivity index (χ0) is 16.7. The minimum atomic E-state index is -0.0995. The summed E-state index contributed by atoms with van der Waals surface area (Å²) in [5, 5.41) is 2.06. The van der Waals surface area contributed by atoms with Crippen LogP contribution in [-0.4, -0.2) is 39.0 Å². The number of pyridine rings is 1. The van der Waals surface area contributed by atoms with Gasteiger partial charge in [-0.3, -0.25) is 14.1 Å². The van der Waals surface area contributed by atoms with Crippen molar-refractivity contribution in [2.45, 2.75) is 26.5 Å². The highest BCUT2D eigenvalue weighted by molar-refractivity contribution is 7.15. The van der Waals surface area contributed by atoms with E-state index in [2.05, 4.69) is 37.8 Å². The third-order valence-corrected chi connectivity index (χ3v) is 5.19. The molecule has 24 heavy (non-hydrogen) atoms. The molecule has 0 spiro atoms. The lowest BCUT2D eigenvalue weighted by molar-refractivity contribution is -0.0355. The average molecular weight is 344 g/mol. The molecule has 1 atom stereocenters. The molecule has 4 heterocycles. The maximum Gasteiger partial charge on any atom is 0.194 e. The van der Waals surface area contributed by atoms with Crippen LogP contribution < -0.4 is 5.43 Å². The number of aryl methyl sites for hydroxylation is 2. The van der Waals surface area contributed by atoms with E-state index < -0.39 is 0 Å². The van der Waals surface area contributed by atoms with E-state index in [0.717, 1.165) is 41.7 Å². The summed E-state index contributed by atoms with van der Waals surface area (Å²) in [6.07, 6.45) is 1.98. The van der Waals surface area contributed by atoms with Crippen molar-refractivity contribution in [1.82, 2.24) is 19.3 Å². The number of thiazole rings is 1. The standard InChI is InChI=1S/C17H20N4O2S/c1-11-7-13(22)8-14(18-11)16-10-20(3-5-23-16)9-15-12(2)19-17-21(15)4-6-24-17/h4,6-8,16H,3,5,9-10H2,1-2H3,(H,18,22). The van der Waals surface area contributed by atoms with Gasteiger partial charge in [0.15, 0.2) is 10.4 Å². The monoisotopic (exact) mass is 344 g/mol. The van der Waals surface area contributed by atoms with Crippen molar-refractivity contribution in [2.75, 3.05) is 19.7 Å². The summed E-state index contributed by atoms with van der Waals surface area (Å²) >= 11 is 1.65. The molecular weight excluding hydrogens is 324 g/mol. The summed E-state index contributed by atoms with van der Waals surface area (Å²) in [6.45, 7) is 7.09. The van der Waals surface area contributed by atoms with Crippen LogP contribution in [0, 0.1) is 13.8 Å². The Hall–Kier alpha value is -1.96. The van der Waals surface area contributed by atoms with Gasteiger partial charge in [-0.05, 0) is 13.8 Å². The van der Waals surface area contributed by atoms with Gasteiger partial charge in [-0.25, -0.2) is 4.98 Å². The number of rotatable bonds is 3. The number of hydrogen-bond acceptors (Lipinski definition) is 5. The van der Waals surface area contributed by atoms with Crippen molar-refractivity contribution in [3.05, 3.63) is 56.7 Å². The van der Waals surface area contributed by atoms with Crippen LogP contribution in [0.4, 0.5) is 0 Å². The fourth-order valence-electron chi connectivity index (χ4n) is 3.26. The van der Waals surface area contributed by atoms with Gasteiger partial charge in [-0.1, -0.05) is 0 Å². The first-order chi connectivity index (χ1) is 11.6. The van der Waals surface area contributed by atoms with Crippen LogP contribution in [0.1, 0.15) is 28.9 Å². The van der Waals surface area contributed by atoms with Crippen LogP contribution in [0.3, 0.4) is 0 Å². The summed E-state index contributed by atoms with van der Waals surface area (Å²) in [7, 11) is 0. The summed E-state index contributed by atoms with van der Waals surface area (Å²) in [5.74, 6) is 0. The zero-order valence-electron chi connectivity index (χ0n) is 13.8. The first kappa shape index (κ1) is 15.6. The van der Waals surface area contributed by atoms with Crippen LogP contribution >= 0.6 is 11.3 Å². The van der Waals surface area contributed by atoms with Crippen LogP contribution in [-0.2, 0) is 11.3 Å². The molecule has 4 rings (SSSR count). The van der Waals surface area contributed by atoms with Gasteiger partial charge >= 0.3 is 0 Å². The molecule has 126 valence electrons. The summed E-state index contributed by atoms with van der Waals surface area (Å²) < 4.78 is 8.06. The lowest BCUT2D eigenvalue weighted by atomic mass is 10.1. The SMILES string of the molecule is Cc1cc(=O)cc(C2CN(Cc3c(C)nc4sccn34)CCO2)[nH]1. The lowest BCUT2D eigenvalue weighted by Crippen LogP contribution is -2.38. The van der Waals surface area contributed by atoms with Crippen molar-refractivity contribution in [2.24, 2.45) is 0 Å². The highest BCUT2D eigenvalue weighted by Gasteiger charge is 2.24. The van der Waals surface area contributed by atoms with E-state index in [1.165, 1.54) is 5.69 Å². The van der Waals surface area contributed by atoms with E-state index in [0.29, 0.717) is 6.61 Å². The van der Waals surface area contributed by atoms with Crippen LogP contribution in [0.2, 0.25) is 0 Å². The number of aromatic nitrogens is 3. The summed E-state index contributed by atoms with van der Waals surface area (Å²) in [5.41, 5.74) is 4.05. The van der Waals surface area contributed by atoms with Gasteiger partial charge in [0.1, 0.15) is 6.10 Å². The number of nitrogens with zero attached hydrogens (tertiary/aromatic N) is 3.